The fourth-order valence-electron chi connectivity index (χ4n) is 2.37. The highest BCUT2D eigenvalue weighted by atomic mass is 16.3. The van der Waals surface area contributed by atoms with Gasteiger partial charge in [0.15, 0.2) is 0 Å². The average Bonchev–Trinajstić information content (AvgIpc) is 2.78. The van der Waals surface area contributed by atoms with Gasteiger partial charge >= 0.3 is 0 Å². The first kappa shape index (κ1) is 12.2. The molecule has 1 heterocycles. The monoisotopic (exact) mass is 259 g/mol. The van der Waals surface area contributed by atoms with Crippen LogP contribution in [0.15, 0.2) is 30.6 Å². The van der Waals surface area contributed by atoms with Gasteiger partial charge in [-0.3, -0.25) is 4.79 Å². The van der Waals surface area contributed by atoms with Crippen LogP contribution in [-0.2, 0) is 11.3 Å². The first-order chi connectivity index (χ1) is 9.16. The predicted octanol–water partition coefficient (Wildman–Crippen LogP) is 1.07. The van der Waals surface area contributed by atoms with E-state index < -0.39 is 5.60 Å². The molecule has 0 saturated heterocycles. The van der Waals surface area contributed by atoms with Gasteiger partial charge < -0.3 is 15.0 Å². The number of aromatic nitrogens is 2. The van der Waals surface area contributed by atoms with E-state index in [0.717, 1.165) is 30.3 Å². The number of aliphatic hydroxyl groups is 1. The predicted molar refractivity (Wildman–Crippen MR) is 71.5 cm³/mol. The summed E-state index contributed by atoms with van der Waals surface area (Å²) in [5.41, 5.74) is 1.15. The zero-order valence-electron chi connectivity index (χ0n) is 10.7. The number of benzene rings is 1. The van der Waals surface area contributed by atoms with Crippen LogP contribution in [-0.4, -0.2) is 32.7 Å². The number of para-hydroxylation sites is 2. The van der Waals surface area contributed by atoms with E-state index in [4.69, 9.17) is 0 Å². The molecule has 1 saturated carbocycles. The van der Waals surface area contributed by atoms with E-state index in [0.29, 0.717) is 6.54 Å². The molecule has 0 unspecified atom stereocenters. The zero-order valence-corrected chi connectivity index (χ0v) is 10.7. The number of nitrogens with one attached hydrogen (secondary N) is 1. The molecule has 1 aromatic carbocycles. The lowest BCUT2D eigenvalue weighted by Gasteiger charge is -2.36. The van der Waals surface area contributed by atoms with Gasteiger partial charge in [-0.1, -0.05) is 12.1 Å². The molecule has 1 amide bonds. The summed E-state index contributed by atoms with van der Waals surface area (Å²) in [6, 6.07) is 7.71. The number of carbonyl (C=O) groups is 1. The zero-order chi connectivity index (χ0) is 13.3. The molecule has 5 nitrogen and oxygen atoms in total. The largest absolute Gasteiger partial charge is 0.388 e. The summed E-state index contributed by atoms with van der Waals surface area (Å²) in [5.74, 6) is -0.0940. The van der Waals surface area contributed by atoms with Crippen LogP contribution >= 0.6 is 0 Å². The minimum Gasteiger partial charge on any atom is -0.388 e. The minimum atomic E-state index is -0.674. The summed E-state index contributed by atoms with van der Waals surface area (Å²) in [6.45, 7) is 0.578. The van der Waals surface area contributed by atoms with Crippen molar-refractivity contribution in [2.75, 3.05) is 6.54 Å². The van der Waals surface area contributed by atoms with E-state index in [2.05, 4.69) is 10.3 Å². The highest BCUT2D eigenvalue weighted by Gasteiger charge is 2.34. The highest BCUT2D eigenvalue weighted by molar-refractivity contribution is 5.80. The molecule has 19 heavy (non-hydrogen) atoms. The van der Waals surface area contributed by atoms with Crippen LogP contribution < -0.4 is 5.32 Å². The lowest BCUT2D eigenvalue weighted by molar-refractivity contribution is -0.124. The number of hydrogen-bond acceptors (Lipinski definition) is 3. The highest BCUT2D eigenvalue weighted by Crippen LogP contribution is 2.30. The number of amides is 1. The Morgan fingerprint density at radius 3 is 2.95 bits per heavy atom. The maximum absolute atomic E-state index is 11.9. The van der Waals surface area contributed by atoms with Crippen molar-refractivity contribution in [3.05, 3.63) is 30.6 Å². The normalized spacial score (nSPS) is 17.1. The molecule has 2 N–H and O–H groups in total. The van der Waals surface area contributed by atoms with Crippen molar-refractivity contribution < 1.29 is 9.90 Å². The molecule has 3 rings (SSSR count). The Balaban J connectivity index is 1.63. The van der Waals surface area contributed by atoms with Crippen LogP contribution in [0.4, 0.5) is 0 Å². The Kier molecular flexibility index (Phi) is 2.98. The van der Waals surface area contributed by atoms with E-state index in [1.807, 2.05) is 28.8 Å². The molecular weight excluding hydrogens is 242 g/mol. The topological polar surface area (TPSA) is 67.2 Å². The molecule has 1 aliphatic rings. The van der Waals surface area contributed by atoms with Gasteiger partial charge in [0.1, 0.15) is 6.54 Å². The molecule has 0 atom stereocenters. The second kappa shape index (κ2) is 4.66. The van der Waals surface area contributed by atoms with Crippen molar-refractivity contribution >= 4 is 16.9 Å². The smallest absolute Gasteiger partial charge is 0.240 e. The minimum absolute atomic E-state index is 0.0940. The van der Waals surface area contributed by atoms with E-state index >= 15 is 0 Å². The van der Waals surface area contributed by atoms with Crippen molar-refractivity contribution in [1.29, 1.82) is 0 Å². The average molecular weight is 259 g/mol. The summed E-state index contributed by atoms with van der Waals surface area (Å²) in [5, 5.41) is 12.7. The van der Waals surface area contributed by atoms with Gasteiger partial charge in [-0.05, 0) is 31.4 Å². The molecular formula is C14H17N3O2. The molecule has 2 aromatic rings. The van der Waals surface area contributed by atoms with Crippen molar-refractivity contribution in [2.45, 2.75) is 31.4 Å². The van der Waals surface area contributed by atoms with Gasteiger partial charge in [0.25, 0.3) is 0 Å². The first-order valence-corrected chi connectivity index (χ1v) is 6.55. The van der Waals surface area contributed by atoms with Gasteiger partial charge in [-0.25, -0.2) is 4.98 Å². The molecule has 1 fully saturated rings. The van der Waals surface area contributed by atoms with Crippen molar-refractivity contribution in [3.8, 4) is 0 Å². The molecule has 1 aromatic heterocycles. The van der Waals surface area contributed by atoms with Crippen LogP contribution in [0.25, 0.3) is 11.0 Å². The standard InChI is InChI=1S/C14H17N3O2/c18-13(15-9-14(19)6-3-7-14)8-17-10-16-11-4-1-2-5-12(11)17/h1-2,4-5,10,19H,3,6-9H2,(H,15,18). The number of imidazole rings is 1. The molecule has 5 heteroatoms. The number of rotatable bonds is 4. The van der Waals surface area contributed by atoms with Crippen LogP contribution in [0.2, 0.25) is 0 Å². The third kappa shape index (κ3) is 2.46. The summed E-state index contributed by atoms with van der Waals surface area (Å²) >= 11 is 0. The third-order valence-electron chi connectivity index (χ3n) is 3.74. The van der Waals surface area contributed by atoms with Crippen molar-refractivity contribution in [3.63, 3.8) is 0 Å². The van der Waals surface area contributed by atoms with Gasteiger partial charge in [-0.2, -0.15) is 0 Å². The van der Waals surface area contributed by atoms with Gasteiger partial charge in [0.05, 0.1) is 23.0 Å². The Morgan fingerprint density at radius 2 is 2.21 bits per heavy atom. The Morgan fingerprint density at radius 1 is 1.42 bits per heavy atom. The number of carbonyl (C=O) groups excluding carboxylic acids is 1. The quantitative estimate of drug-likeness (QED) is 0.863. The van der Waals surface area contributed by atoms with Crippen LogP contribution in [0.1, 0.15) is 19.3 Å². The molecule has 0 bridgehead atoms. The van der Waals surface area contributed by atoms with Gasteiger partial charge in [0.2, 0.25) is 5.91 Å². The van der Waals surface area contributed by atoms with Gasteiger partial charge in [0, 0.05) is 6.54 Å². The molecule has 100 valence electrons. The molecule has 0 aliphatic heterocycles. The summed E-state index contributed by atoms with van der Waals surface area (Å²) in [6.07, 6.45) is 4.27. The summed E-state index contributed by atoms with van der Waals surface area (Å²) in [7, 11) is 0. The van der Waals surface area contributed by atoms with E-state index in [-0.39, 0.29) is 12.5 Å². The maximum atomic E-state index is 11.9. The number of fused-ring (bicyclic) bond motifs is 1. The van der Waals surface area contributed by atoms with Crippen molar-refractivity contribution in [2.24, 2.45) is 0 Å². The maximum Gasteiger partial charge on any atom is 0.240 e. The van der Waals surface area contributed by atoms with Crippen LogP contribution in [0, 0.1) is 0 Å². The van der Waals surface area contributed by atoms with Crippen LogP contribution in [0.5, 0.6) is 0 Å². The van der Waals surface area contributed by atoms with Crippen LogP contribution in [0.3, 0.4) is 0 Å². The second-order valence-electron chi connectivity index (χ2n) is 5.22. The first-order valence-electron chi connectivity index (χ1n) is 6.55. The Hall–Kier alpha value is -1.88. The summed E-state index contributed by atoms with van der Waals surface area (Å²) in [4.78, 5) is 16.1. The van der Waals surface area contributed by atoms with Crippen molar-refractivity contribution in [1.82, 2.24) is 14.9 Å². The lowest BCUT2D eigenvalue weighted by Crippen LogP contribution is -2.48. The fraction of sp³-hybridized carbons (Fsp3) is 0.429. The number of nitrogens with zero attached hydrogens (tertiary/aromatic N) is 2. The Labute approximate surface area is 111 Å². The third-order valence-corrected chi connectivity index (χ3v) is 3.74. The Bertz CT molecular complexity index is 602. The van der Waals surface area contributed by atoms with E-state index in [1.165, 1.54) is 0 Å². The SMILES string of the molecule is O=C(Cn1cnc2ccccc21)NCC1(O)CCC1. The molecule has 1 aliphatic carbocycles. The lowest BCUT2D eigenvalue weighted by atomic mass is 9.80. The van der Waals surface area contributed by atoms with E-state index in [9.17, 15) is 9.90 Å². The number of hydrogen-bond donors (Lipinski definition) is 2. The second-order valence-corrected chi connectivity index (χ2v) is 5.22. The summed E-state index contributed by atoms with van der Waals surface area (Å²) < 4.78 is 1.81. The van der Waals surface area contributed by atoms with E-state index in [1.54, 1.807) is 6.33 Å². The fourth-order valence-corrected chi connectivity index (χ4v) is 2.37. The molecule has 0 spiro atoms. The molecule has 0 radical (unpaired) electrons. The van der Waals surface area contributed by atoms with Gasteiger partial charge in [-0.15, -0.1) is 0 Å².